The number of benzene rings is 4. The van der Waals surface area contributed by atoms with Gasteiger partial charge in [-0.3, -0.25) is 13.9 Å². The monoisotopic (exact) mass is 664 g/mol. The number of amides is 1. The van der Waals surface area contributed by atoms with Gasteiger partial charge in [-0.05, 0) is 67.3 Å². The SMILES string of the molecule is Cc1ccc(S(=O)(=O)O)c(-c2cc(O)c(C(=O)N3Cc4cccc(NC5CCOC5)c4C3)c(-c3cc(C)ccc3S(=O)(=O)O)c2)c1. The number of fused-ring (bicyclic) bond motifs is 1. The van der Waals surface area contributed by atoms with Crippen LogP contribution in [0.15, 0.2) is 76.5 Å². The van der Waals surface area contributed by atoms with E-state index in [-0.39, 0.29) is 46.9 Å². The van der Waals surface area contributed by atoms with Crippen molar-refractivity contribution in [3.05, 3.63) is 94.5 Å². The average molecular weight is 665 g/mol. The van der Waals surface area contributed by atoms with E-state index >= 15 is 0 Å². The average Bonchev–Trinajstić information content (AvgIpc) is 3.66. The van der Waals surface area contributed by atoms with Crippen LogP contribution in [0.3, 0.4) is 0 Å². The van der Waals surface area contributed by atoms with Gasteiger partial charge in [0.05, 0.1) is 18.2 Å². The minimum atomic E-state index is -4.81. The van der Waals surface area contributed by atoms with Crippen LogP contribution in [-0.2, 0) is 38.1 Å². The molecule has 4 aromatic carbocycles. The maximum atomic E-state index is 14.3. The Morgan fingerprint density at radius 1 is 0.848 bits per heavy atom. The highest BCUT2D eigenvalue weighted by Crippen LogP contribution is 2.42. The Labute approximate surface area is 267 Å². The summed E-state index contributed by atoms with van der Waals surface area (Å²) in [5, 5.41) is 15.0. The maximum Gasteiger partial charge on any atom is 0.295 e. The second-order valence-electron chi connectivity index (χ2n) is 11.7. The summed E-state index contributed by atoms with van der Waals surface area (Å²) >= 11 is 0. The number of phenols is 1. The maximum absolute atomic E-state index is 14.3. The molecule has 4 aromatic rings. The summed E-state index contributed by atoms with van der Waals surface area (Å²) in [6.45, 7) is 5.06. The van der Waals surface area contributed by atoms with Gasteiger partial charge < -0.3 is 20.1 Å². The zero-order valence-electron chi connectivity index (χ0n) is 25.0. The van der Waals surface area contributed by atoms with Crippen molar-refractivity contribution in [2.24, 2.45) is 0 Å². The molecule has 6 rings (SSSR count). The second kappa shape index (κ2) is 11.8. The van der Waals surface area contributed by atoms with E-state index in [0.717, 1.165) is 23.2 Å². The van der Waals surface area contributed by atoms with E-state index in [1.165, 1.54) is 53.4 Å². The number of aromatic hydroxyl groups is 1. The summed E-state index contributed by atoms with van der Waals surface area (Å²) in [5.74, 6) is -1.15. The molecule has 1 fully saturated rings. The second-order valence-corrected chi connectivity index (χ2v) is 14.5. The Kier molecular flexibility index (Phi) is 8.15. The molecular formula is C33H32N2O9S2. The number of nitrogens with zero attached hydrogens (tertiary/aromatic N) is 1. The Morgan fingerprint density at radius 3 is 2.13 bits per heavy atom. The molecule has 46 heavy (non-hydrogen) atoms. The van der Waals surface area contributed by atoms with Crippen molar-refractivity contribution in [3.8, 4) is 28.0 Å². The van der Waals surface area contributed by atoms with Crippen molar-refractivity contribution in [2.75, 3.05) is 18.5 Å². The molecule has 2 aliphatic heterocycles. The van der Waals surface area contributed by atoms with Gasteiger partial charge in [-0.2, -0.15) is 16.8 Å². The van der Waals surface area contributed by atoms with E-state index in [0.29, 0.717) is 24.3 Å². The van der Waals surface area contributed by atoms with Gasteiger partial charge in [0.1, 0.15) is 15.5 Å². The van der Waals surface area contributed by atoms with Crippen LogP contribution >= 0.6 is 0 Å². The van der Waals surface area contributed by atoms with Crippen molar-refractivity contribution in [1.82, 2.24) is 4.90 Å². The summed E-state index contributed by atoms with van der Waals surface area (Å²) < 4.78 is 75.3. The van der Waals surface area contributed by atoms with Crippen molar-refractivity contribution in [2.45, 2.75) is 49.2 Å². The third-order valence-electron chi connectivity index (χ3n) is 8.32. The minimum Gasteiger partial charge on any atom is -0.507 e. The van der Waals surface area contributed by atoms with Gasteiger partial charge in [0.15, 0.2) is 0 Å². The molecule has 1 saturated heterocycles. The number of hydrogen-bond acceptors (Lipinski definition) is 8. The molecule has 13 heteroatoms. The molecule has 1 unspecified atom stereocenters. The molecule has 4 N–H and O–H groups in total. The first-order valence-electron chi connectivity index (χ1n) is 14.5. The Balaban J connectivity index is 1.52. The predicted molar refractivity (Wildman–Crippen MR) is 171 cm³/mol. The zero-order valence-corrected chi connectivity index (χ0v) is 26.7. The highest BCUT2D eigenvalue weighted by Gasteiger charge is 2.32. The topological polar surface area (TPSA) is 171 Å². The van der Waals surface area contributed by atoms with Crippen molar-refractivity contribution in [1.29, 1.82) is 0 Å². The first-order chi connectivity index (χ1) is 21.7. The van der Waals surface area contributed by atoms with Crippen molar-refractivity contribution < 1.29 is 40.6 Å². The third kappa shape index (κ3) is 6.11. The van der Waals surface area contributed by atoms with Crippen LogP contribution in [0.5, 0.6) is 5.75 Å². The van der Waals surface area contributed by atoms with Gasteiger partial charge in [-0.1, -0.05) is 47.5 Å². The Hall–Kier alpha value is -4.27. The number of anilines is 1. The van der Waals surface area contributed by atoms with Gasteiger partial charge >= 0.3 is 0 Å². The van der Waals surface area contributed by atoms with E-state index in [2.05, 4.69) is 5.32 Å². The van der Waals surface area contributed by atoms with Crippen LogP contribution in [-0.4, -0.2) is 61.1 Å². The summed E-state index contributed by atoms with van der Waals surface area (Å²) in [7, 11) is -9.53. The molecular weight excluding hydrogens is 633 g/mol. The van der Waals surface area contributed by atoms with Gasteiger partial charge in [-0.25, -0.2) is 0 Å². The smallest absolute Gasteiger partial charge is 0.295 e. The molecule has 0 aromatic heterocycles. The fourth-order valence-corrected chi connectivity index (χ4v) is 7.50. The third-order valence-corrected chi connectivity index (χ3v) is 10.1. The summed E-state index contributed by atoms with van der Waals surface area (Å²) in [6, 6.07) is 16.8. The summed E-state index contributed by atoms with van der Waals surface area (Å²) in [6.07, 6.45) is 0.850. The number of carbonyl (C=O) groups is 1. The lowest BCUT2D eigenvalue weighted by molar-refractivity contribution is 0.0749. The molecule has 11 nitrogen and oxygen atoms in total. The van der Waals surface area contributed by atoms with Gasteiger partial charge in [0.25, 0.3) is 26.1 Å². The fourth-order valence-electron chi connectivity index (χ4n) is 6.12. The van der Waals surface area contributed by atoms with Crippen molar-refractivity contribution >= 4 is 31.8 Å². The van der Waals surface area contributed by atoms with Crippen molar-refractivity contribution in [3.63, 3.8) is 0 Å². The van der Waals surface area contributed by atoms with E-state index in [1.54, 1.807) is 13.8 Å². The number of ether oxygens (including phenoxy) is 1. The van der Waals surface area contributed by atoms with E-state index in [4.69, 9.17) is 4.74 Å². The first-order valence-corrected chi connectivity index (χ1v) is 17.4. The van der Waals surface area contributed by atoms with Crippen LogP contribution in [0.1, 0.15) is 39.0 Å². The lowest BCUT2D eigenvalue weighted by atomic mass is 9.91. The molecule has 0 radical (unpaired) electrons. The predicted octanol–water partition coefficient (Wildman–Crippen LogP) is 5.19. The lowest BCUT2D eigenvalue weighted by Crippen LogP contribution is -2.26. The number of aryl methyl sites for hydroxylation is 2. The van der Waals surface area contributed by atoms with Crippen LogP contribution in [0, 0.1) is 13.8 Å². The van der Waals surface area contributed by atoms with E-state index in [9.17, 15) is 35.8 Å². The van der Waals surface area contributed by atoms with Crippen LogP contribution in [0.4, 0.5) is 5.69 Å². The molecule has 2 aliphatic rings. The highest BCUT2D eigenvalue weighted by molar-refractivity contribution is 7.86. The lowest BCUT2D eigenvalue weighted by Gasteiger charge is -2.22. The number of phenolic OH excluding ortho intramolecular Hbond substituents is 1. The number of nitrogens with one attached hydrogen (secondary N) is 1. The number of carbonyl (C=O) groups excluding carboxylic acids is 1. The molecule has 2 heterocycles. The zero-order chi connectivity index (χ0) is 33.0. The fraction of sp³-hybridized carbons (Fsp3) is 0.242. The first kappa shape index (κ1) is 31.7. The van der Waals surface area contributed by atoms with Gasteiger partial charge in [0.2, 0.25) is 0 Å². The standard InChI is InChI=1S/C33H32N2O9S2/c1-19-6-8-30(45(38,39)40)24(12-19)22-14-26(25-13-20(2)7-9-31(25)46(41,42)43)32(29(36)15-22)33(37)35-16-21-4-3-5-28(27(21)17-35)34-23-10-11-44-18-23/h3-9,12-15,23,34,36H,10-11,16-18H2,1-2H3,(H,38,39,40)(H,41,42,43). The van der Waals surface area contributed by atoms with Gasteiger partial charge in [0, 0.05) is 42.1 Å². The minimum absolute atomic E-state index is 0.0271. The van der Waals surface area contributed by atoms with Crippen LogP contribution in [0.2, 0.25) is 0 Å². The quantitative estimate of drug-likeness (QED) is 0.193. The molecule has 0 saturated carbocycles. The van der Waals surface area contributed by atoms with Gasteiger partial charge in [-0.15, -0.1) is 0 Å². The van der Waals surface area contributed by atoms with Crippen LogP contribution in [0.25, 0.3) is 22.3 Å². The Morgan fingerprint density at radius 2 is 1.50 bits per heavy atom. The number of rotatable bonds is 7. The molecule has 1 amide bonds. The molecule has 1 atom stereocenters. The highest BCUT2D eigenvalue weighted by atomic mass is 32.2. The van der Waals surface area contributed by atoms with Crippen LogP contribution < -0.4 is 5.32 Å². The number of hydrogen-bond donors (Lipinski definition) is 4. The molecule has 0 bridgehead atoms. The summed E-state index contributed by atoms with van der Waals surface area (Å²) in [5.41, 5.74) is 3.70. The Bertz CT molecular complexity index is 2110. The molecule has 240 valence electrons. The van der Waals surface area contributed by atoms with E-state index in [1.807, 2.05) is 18.2 Å². The normalized spacial score (nSPS) is 16.4. The van der Waals surface area contributed by atoms with E-state index < -0.39 is 41.7 Å². The molecule has 0 spiro atoms. The largest absolute Gasteiger partial charge is 0.507 e. The summed E-state index contributed by atoms with van der Waals surface area (Å²) in [4.78, 5) is 14.9. The molecule has 0 aliphatic carbocycles.